The topological polar surface area (TPSA) is 73.2 Å². The summed E-state index contributed by atoms with van der Waals surface area (Å²) in [6, 6.07) is 6.59. The minimum Gasteiger partial charge on any atom is -0.469 e. The lowest BCUT2D eigenvalue weighted by Crippen LogP contribution is -2.18. The fraction of sp³-hybridized carbons (Fsp3) is 0.444. The number of ether oxygens (including phenoxy) is 1. The molecule has 0 spiro atoms. The Balaban J connectivity index is 0.000000319. The van der Waals surface area contributed by atoms with Crippen LogP contribution in [0.15, 0.2) is 42.7 Å². The molecule has 0 radical (unpaired) electrons. The Kier molecular flexibility index (Phi) is 9.66. The second kappa shape index (κ2) is 12.7. The van der Waals surface area contributed by atoms with E-state index in [-0.39, 0.29) is 24.3 Å². The molecule has 1 amide bonds. The Bertz CT molecular complexity index is 1200. The van der Waals surface area contributed by atoms with E-state index in [4.69, 9.17) is 0 Å². The Morgan fingerprint density at radius 3 is 2.35 bits per heavy atom. The lowest BCUT2D eigenvalue weighted by atomic mass is 9.89. The molecule has 2 heterocycles. The van der Waals surface area contributed by atoms with Gasteiger partial charge in [-0.15, -0.1) is 0 Å². The molecule has 0 aliphatic heterocycles. The van der Waals surface area contributed by atoms with Crippen molar-refractivity contribution in [3.8, 4) is 0 Å². The van der Waals surface area contributed by atoms with Crippen LogP contribution in [0, 0.1) is 5.92 Å². The number of rotatable bonds is 6. The van der Waals surface area contributed by atoms with Gasteiger partial charge in [0.15, 0.2) is 0 Å². The quantitative estimate of drug-likeness (QED) is 0.333. The first-order valence-corrected chi connectivity index (χ1v) is 12.2. The zero-order valence-corrected chi connectivity index (χ0v) is 20.9. The van der Waals surface area contributed by atoms with Crippen molar-refractivity contribution < 1.29 is 31.9 Å². The molecule has 1 aromatic carbocycles. The highest BCUT2D eigenvalue weighted by molar-refractivity contribution is 6.07. The molecule has 3 aromatic rings. The van der Waals surface area contributed by atoms with Crippen LogP contribution >= 0.6 is 0 Å². The number of nitrogens with one attached hydrogen (secondary N) is 1. The van der Waals surface area contributed by atoms with Crippen molar-refractivity contribution in [1.82, 2.24) is 14.9 Å². The molecule has 6 nitrogen and oxygen atoms in total. The number of alkyl halides is 4. The largest absolute Gasteiger partial charge is 0.469 e. The van der Waals surface area contributed by atoms with E-state index in [1.807, 2.05) is 0 Å². The van der Waals surface area contributed by atoms with E-state index >= 15 is 0 Å². The summed E-state index contributed by atoms with van der Waals surface area (Å²) < 4.78 is 57.2. The van der Waals surface area contributed by atoms with Crippen molar-refractivity contribution in [1.29, 1.82) is 0 Å². The summed E-state index contributed by atoms with van der Waals surface area (Å²) in [6.45, 7) is -0.550. The van der Waals surface area contributed by atoms with E-state index in [0.29, 0.717) is 28.6 Å². The smallest absolute Gasteiger partial charge is 0.416 e. The minimum atomic E-state index is -4.39. The van der Waals surface area contributed by atoms with Gasteiger partial charge in [-0.05, 0) is 48.6 Å². The van der Waals surface area contributed by atoms with Crippen molar-refractivity contribution in [3.05, 3.63) is 65.0 Å². The van der Waals surface area contributed by atoms with Crippen molar-refractivity contribution in [2.45, 2.75) is 51.2 Å². The number of halogens is 4. The summed E-state index contributed by atoms with van der Waals surface area (Å²) >= 11 is 0. The van der Waals surface area contributed by atoms with Crippen LogP contribution < -0.4 is 5.32 Å². The number of esters is 1. The van der Waals surface area contributed by atoms with Crippen LogP contribution in [0.25, 0.3) is 11.0 Å². The summed E-state index contributed by atoms with van der Waals surface area (Å²) in [5, 5.41) is 3.12. The van der Waals surface area contributed by atoms with E-state index < -0.39 is 18.4 Å². The Labute approximate surface area is 213 Å². The monoisotopic (exact) mass is 521 g/mol. The number of carbonyl (C=O) groups is 2. The summed E-state index contributed by atoms with van der Waals surface area (Å²) in [4.78, 5) is 27.4. The summed E-state index contributed by atoms with van der Waals surface area (Å²) in [7, 11) is 2.96. The molecule has 0 bridgehead atoms. The van der Waals surface area contributed by atoms with Crippen LogP contribution in [0.4, 0.5) is 17.6 Å². The predicted octanol–water partition coefficient (Wildman–Crippen LogP) is 5.71. The van der Waals surface area contributed by atoms with Gasteiger partial charge in [-0.1, -0.05) is 31.4 Å². The highest BCUT2D eigenvalue weighted by Gasteiger charge is 2.30. The Hall–Kier alpha value is -3.43. The molecule has 1 N–H and O–H groups in total. The zero-order chi connectivity index (χ0) is 27.0. The maximum absolute atomic E-state index is 12.8. The third kappa shape index (κ3) is 7.08. The molecule has 1 fully saturated rings. The number of benzene rings is 1. The van der Waals surface area contributed by atoms with Crippen LogP contribution in [-0.4, -0.2) is 42.3 Å². The van der Waals surface area contributed by atoms with Gasteiger partial charge in [0.25, 0.3) is 5.91 Å². The Morgan fingerprint density at radius 1 is 1.11 bits per heavy atom. The lowest BCUT2D eigenvalue weighted by molar-refractivity contribution is -0.146. The number of amides is 1. The first kappa shape index (κ1) is 28.1. The van der Waals surface area contributed by atoms with Gasteiger partial charge in [-0.3, -0.25) is 9.59 Å². The lowest BCUT2D eigenvalue weighted by Gasteiger charge is -2.18. The van der Waals surface area contributed by atoms with E-state index in [9.17, 15) is 27.2 Å². The first-order chi connectivity index (χ1) is 17.7. The van der Waals surface area contributed by atoms with E-state index in [1.165, 1.54) is 45.6 Å². The number of hydrogen-bond donors (Lipinski definition) is 1. The van der Waals surface area contributed by atoms with Crippen LogP contribution in [0.2, 0.25) is 0 Å². The standard InChI is InChI=1S/C19H17F4N3O.C8H14O2/c1-24-18(27)15-11-26(9-7-20)17-16(15)13(6-8-25-17)10-12-2-4-14(5-3-12)19(21,22)23;1-10-8(9)7-5-3-2-4-6-7/h2-6,8,11H,7,9-10H2,1H3,(H,24,27);7H,2-6H2,1H3. The molecule has 1 aliphatic rings. The SMILES string of the molecule is CNC(=O)c1cn(CCF)c2nccc(Cc3ccc(C(F)(F)F)cc3)c12.COC(=O)C1CCCCC1. The third-order valence-corrected chi connectivity index (χ3v) is 6.46. The highest BCUT2D eigenvalue weighted by atomic mass is 19.4. The van der Waals surface area contributed by atoms with Gasteiger partial charge in [0.2, 0.25) is 0 Å². The fourth-order valence-electron chi connectivity index (χ4n) is 4.53. The van der Waals surface area contributed by atoms with Gasteiger partial charge in [-0.2, -0.15) is 13.2 Å². The fourth-order valence-corrected chi connectivity index (χ4v) is 4.53. The number of aromatic nitrogens is 2. The molecule has 1 aliphatic carbocycles. The molecule has 1 saturated carbocycles. The zero-order valence-electron chi connectivity index (χ0n) is 20.9. The average molecular weight is 522 g/mol. The van der Waals surface area contributed by atoms with Crippen molar-refractivity contribution in [2.24, 2.45) is 5.92 Å². The molecule has 0 unspecified atom stereocenters. The van der Waals surface area contributed by atoms with Crippen molar-refractivity contribution in [2.75, 3.05) is 20.8 Å². The molecule has 37 heavy (non-hydrogen) atoms. The summed E-state index contributed by atoms with van der Waals surface area (Å²) in [5.74, 6) is -0.141. The maximum Gasteiger partial charge on any atom is 0.416 e. The normalized spacial score (nSPS) is 14.1. The summed E-state index contributed by atoms with van der Waals surface area (Å²) in [6.07, 6.45) is 4.77. The maximum atomic E-state index is 12.8. The van der Waals surface area contributed by atoms with Gasteiger partial charge in [0.1, 0.15) is 12.3 Å². The molecule has 0 atom stereocenters. The number of carbonyl (C=O) groups excluding carboxylic acids is 2. The second-order valence-electron chi connectivity index (χ2n) is 8.90. The Morgan fingerprint density at radius 2 is 1.78 bits per heavy atom. The summed E-state index contributed by atoms with van der Waals surface area (Å²) in [5.41, 5.74) is 1.51. The van der Waals surface area contributed by atoms with Gasteiger partial charge >= 0.3 is 12.1 Å². The third-order valence-electron chi connectivity index (χ3n) is 6.46. The van der Waals surface area contributed by atoms with E-state index in [1.54, 1.807) is 23.0 Å². The van der Waals surface area contributed by atoms with E-state index in [0.717, 1.165) is 30.5 Å². The van der Waals surface area contributed by atoms with Crippen molar-refractivity contribution >= 4 is 22.9 Å². The van der Waals surface area contributed by atoms with Gasteiger partial charge in [0, 0.05) is 24.8 Å². The number of methoxy groups -OCH3 is 1. The first-order valence-electron chi connectivity index (χ1n) is 12.2. The van der Waals surface area contributed by atoms with Gasteiger partial charge in [0.05, 0.1) is 30.7 Å². The molecule has 2 aromatic heterocycles. The number of aryl methyl sites for hydroxylation is 1. The van der Waals surface area contributed by atoms with Gasteiger partial charge in [-0.25, -0.2) is 9.37 Å². The van der Waals surface area contributed by atoms with Gasteiger partial charge < -0.3 is 14.6 Å². The van der Waals surface area contributed by atoms with Crippen LogP contribution in [0.1, 0.15) is 59.2 Å². The number of hydrogen-bond acceptors (Lipinski definition) is 4. The predicted molar refractivity (Wildman–Crippen MR) is 132 cm³/mol. The average Bonchev–Trinajstić information content (AvgIpc) is 3.28. The molecule has 10 heteroatoms. The van der Waals surface area contributed by atoms with E-state index in [2.05, 4.69) is 15.0 Å². The number of fused-ring (bicyclic) bond motifs is 1. The number of nitrogens with zero attached hydrogens (tertiary/aromatic N) is 2. The van der Waals surface area contributed by atoms with Crippen LogP contribution in [0.5, 0.6) is 0 Å². The molecule has 0 saturated heterocycles. The van der Waals surface area contributed by atoms with Crippen LogP contribution in [0.3, 0.4) is 0 Å². The second-order valence-corrected chi connectivity index (χ2v) is 8.90. The molecule has 200 valence electrons. The van der Waals surface area contributed by atoms with Crippen LogP contribution in [-0.2, 0) is 28.7 Å². The highest BCUT2D eigenvalue weighted by Crippen LogP contribution is 2.30. The number of pyridine rings is 1. The minimum absolute atomic E-state index is 0.0142. The van der Waals surface area contributed by atoms with Crippen molar-refractivity contribution in [3.63, 3.8) is 0 Å². The molecular formula is C27H31F4N3O3. The molecular weight excluding hydrogens is 490 g/mol. The molecule has 4 rings (SSSR count).